The molecule has 3 amide bonds. The van der Waals surface area contributed by atoms with Gasteiger partial charge in [0.1, 0.15) is 17.3 Å². The Morgan fingerprint density at radius 1 is 1.26 bits per heavy atom. The van der Waals surface area contributed by atoms with Gasteiger partial charge in [-0.25, -0.2) is 0 Å². The molecule has 1 aromatic rings. The summed E-state index contributed by atoms with van der Waals surface area (Å²) in [5.41, 5.74) is 5.98. The number of methoxy groups -OCH3 is 1. The van der Waals surface area contributed by atoms with Crippen LogP contribution in [0.25, 0.3) is 0 Å². The van der Waals surface area contributed by atoms with Gasteiger partial charge >= 0.3 is 5.97 Å². The zero-order valence-corrected chi connectivity index (χ0v) is 22.1. The Balaban J connectivity index is 2.39. The Kier molecular flexibility index (Phi) is 9.49. The summed E-state index contributed by atoms with van der Waals surface area (Å²) < 4.78 is 11.6. The lowest BCUT2D eigenvalue weighted by molar-refractivity contribution is -0.162. The molecule has 0 saturated carbocycles. The van der Waals surface area contributed by atoms with Gasteiger partial charge in [0.05, 0.1) is 23.8 Å². The zero-order chi connectivity index (χ0) is 25.6. The summed E-state index contributed by atoms with van der Waals surface area (Å²) in [4.78, 5) is 53.5. The Labute approximate surface area is 209 Å². The summed E-state index contributed by atoms with van der Waals surface area (Å²) in [6, 6.07) is 3.59. The van der Waals surface area contributed by atoms with Crippen molar-refractivity contribution in [2.45, 2.75) is 59.0 Å². The van der Waals surface area contributed by atoms with E-state index in [-0.39, 0.29) is 31.8 Å². The number of nitrogens with zero attached hydrogens (tertiary/aromatic N) is 2. The predicted octanol–water partition coefficient (Wildman–Crippen LogP) is 2.81. The number of anilines is 1. The lowest BCUT2D eigenvalue weighted by Gasteiger charge is -2.28. The molecule has 1 heterocycles. The maximum Gasteiger partial charge on any atom is 0.319 e. The Hall–Kier alpha value is -2.62. The molecule has 1 unspecified atom stereocenters. The van der Waals surface area contributed by atoms with Crippen molar-refractivity contribution in [1.82, 2.24) is 4.90 Å². The second-order valence-electron chi connectivity index (χ2n) is 9.26. The van der Waals surface area contributed by atoms with Crippen LogP contribution in [0.15, 0.2) is 16.6 Å². The normalized spacial score (nSPS) is 15.9. The second kappa shape index (κ2) is 11.7. The van der Waals surface area contributed by atoms with E-state index in [2.05, 4.69) is 15.9 Å². The first-order valence-corrected chi connectivity index (χ1v) is 12.1. The molecule has 0 fully saturated rings. The fraction of sp³-hybridized carbons (Fsp3) is 0.583. The lowest BCUT2D eigenvalue weighted by Crippen LogP contribution is -2.44. The van der Waals surface area contributed by atoms with Crippen molar-refractivity contribution >= 4 is 45.3 Å². The quantitative estimate of drug-likeness (QED) is 0.380. The van der Waals surface area contributed by atoms with Gasteiger partial charge in [0.2, 0.25) is 17.7 Å². The van der Waals surface area contributed by atoms with Crippen molar-refractivity contribution < 1.29 is 28.7 Å². The molecule has 0 spiro atoms. The third-order valence-electron chi connectivity index (χ3n) is 5.34. The monoisotopic (exact) mass is 539 g/mol. The van der Waals surface area contributed by atoms with Gasteiger partial charge in [0.15, 0.2) is 0 Å². The molecule has 0 saturated heterocycles. The minimum Gasteiger partial charge on any atom is -0.495 e. The van der Waals surface area contributed by atoms with Crippen molar-refractivity contribution in [3.8, 4) is 5.75 Å². The number of carbonyl (C=O) groups is 4. The smallest absolute Gasteiger partial charge is 0.319 e. The van der Waals surface area contributed by atoms with Crippen LogP contribution in [0.4, 0.5) is 5.69 Å². The average molecular weight is 540 g/mol. The first-order valence-electron chi connectivity index (χ1n) is 11.3. The molecular weight excluding hydrogens is 506 g/mol. The van der Waals surface area contributed by atoms with Gasteiger partial charge in [-0.2, -0.15) is 0 Å². The fourth-order valence-corrected chi connectivity index (χ4v) is 4.41. The first kappa shape index (κ1) is 27.6. The second-order valence-corrected chi connectivity index (χ2v) is 10.1. The number of primary amides is 1. The van der Waals surface area contributed by atoms with Crippen LogP contribution in [0.3, 0.4) is 0 Å². The van der Waals surface area contributed by atoms with Gasteiger partial charge in [-0.15, -0.1) is 0 Å². The summed E-state index contributed by atoms with van der Waals surface area (Å²) in [7, 11) is 1.52. The number of benzene rings is 1. The summed E-state index contributed by atoms with van der Waals surface area (Å²) in [5.74, 6) is -2.38. The molecule has 1 aliphatic rings. The fourth-order valence-electron chi connectivity index (χ4n) is 3.86. The van der Waals surface area contributed by atoms with E-state index >= 15 is 0 Å². The SMILES string of the molecule is CCCN(CC(N)=O)C(=O)CCN1C(=O)C(C(=O)OC(C)(C)C)CCc2cc(Br)c(OC)cc21. The number of nitrogens with two attached hydrogens (primary N) is 1. The summed E-state index contributed by atoms with van der Waals surface area (Å²) >= 11 is 3.48. The van der Waals surface area contributed by atoms with E-state index in [1.165, 1.54) is 16.9 Å². The van der Waals surface area contributed by atoms with E-state index in [0.29, 0.717) is 30.8 Å². The van der Waals surface area contributed by atoms with E-state index in [1.807, 2.05) is 13.0 Å². The highest BCUT2D eigenvalue weighted by atomic mass is 79.9. The minimum absolute atomic E-state index is 0.0299. The molecule has 188 valence electrons. The molecule has 0 aliphatic carbocycles. The van der Waals surface area contributed by atoms with Crippen molar-refractivity contribution in [3.63, 3.8) is 0 Å². The first-order chi connectivity index (χ1) is 15.9. The van der Waals surface area contributed by atoms with E-state index in [9.17, 15) is 19.2 Å². The molecular formula is C24H34BrN3O6. The lowest BCUT2D eigenvalue weighted by atomic mass is 10.00. The molecule has 2 N–H and O–H groups in total. The van der Waals surface area contributed by atoms with Gasteiger partial charge in [-0.05, 0) is 67.6 Å². The van der Waals surface area contributed by atoms with E-state index in [4.69, 9.17) is 15.2 Å². The van der Waals surface area contributed by atoms with Crippen molar-refractivity contribution in [3.05, 3.63) is 22.2 Å². The predicted molar refractivity (Wildman–Crippen MR) is 131 cm³/mol. The molecule has 34 heavy (non-hydrogen) atoms. The van der Waals surface area contributed by atoms with Gasteiger partial charge in [0.25, 0.3) is 0 Å². The molecule has 10 heteroatoms. The number of ether oxygens (including phenoxy) is 2. The van der Waals surface area contributed by atoms with E-state index in [1.54, 1.807) is 26.8 Å². The van der Waals surface area contributed by atoms with Crippen LogP contribution >= 0.6 is 15.9 Å². The van der Waals surface area contributed by atoms with Gasteiger partial charge in [0, 0.05) is 25.6 Å². The Bertz CT molecular complexity index is 943. The van der Waals surface area contributed by atoms with Crippen molar-refractivity contribution in [2.24, 2.45) is 11.7 Å². The van der Waals surface area contributed by atoms with Gasteiger partial charge in [-0.3, -0.25) is 19.2 Å². The van der Waals surface area contributed by atoms with Crippen LogP contribution in [-0.4, -0.2) is 60.9 Å². The topological polar surface area (TPSA) is 119 Å². The van der Waals surface area contributed by atoms with Crippen LogP contribution in [0, 0.1) is 5.92 Å². The number of hydrogen-bond donors (Lipinski definition) is 1. The van der Waals surface area contributed by atoms with Crippen LogP contribution in [0.1, 0.15) is 52.5 Å². The largest absolute Gasteiger partial charge is 0.495 e. The van der Waals surface area contributed by atoms with Crippen molar-refractivity contribution in [2.75, 3.05) is 31.6 Å². The maximum absolute atomic E-state index is 13.6. The number of esters is 1. The molecule has 1 aromatic carbocycles. The molecule has 0 bridgehead atoms. The summed E-state index contributed by atoms with van der Waals surface area (Å²) in [6.07, 6.45) is 1.39. The van der Waals surface area contributed by atoms with Crippen LogP contribution in [0.5, 0.6) is 5.75 Å². The standard InChI is InChI=1S/C24H34BrN3O6/c1-6-10-27(14-20(26)29)21(30)9-11-28-18-13-19(33-5)17(25)12-15(18)7-8-16(22(28)31)23(32)34-24(2,3)4/h12-13,16H,6-11,14H2,1-5H3,(H2,26,29). The van der Waals surface area contributed by atoms with Crippen LogP contribution in [0.2, 0.25) is 0 Å². The molecule has 2 rings (SSSR count). The number of amides is 3. The minimum atomic E-state index is -0.996. The Morgan fingerprint density at radius 3 is 2.50 bits per heavy atom. The zero-order valence-electron chi connectivity index (χ0n) is 20.5. The molecule has 0 aromatic heterocycles. The van der Waals surface area contributed by atoms with E-state index < -0.39 is 29.3 Å². The summed E-state index contributed by atoms with van der Waals surface area (Å²) in [6.45, 7) is 7.38. The number of halogens is 1. The molecule has 0 radical (unpaired) electrons. The Morgan fingerprint density at radius 2 is 1.94 bits per heavy atom. The third kappa shape index (κ3) is 7.19. The number of carbonyl (C=O) groups excluding carboxylic acids is 4. The average Bonchev–Trinajstić information content (AvgIpc) is 2.85. The number of fused-ring (bicyclic) bond motifs is 1. The number of hydrogen-bond acceptors (Lipinski definition) is 6. The van der Waals surface area contributed by atoms with E-state index in [0.717, 1.165) is 10.0 Å². The van der Waals surface area contributed by atoms with Crippen LogP contribution < -0.4 is 15.4 Å². The highest BCUT2D eigenvalue weighted by molar-refractivity contribution is 9.10. The van der Waals surface area contributed by atoms with Crippen molar-refractivity contribution in [1.29, 1.82) is 0 Å². The van der Waals surface area contributed by atoms with Gasteiger partial charge < -0.3 is 25.0 Å². The van der Waals surface area contributed by atoms with Crippen LogP contribution in [-0.2, 0) is 30.3 Å². The molecule has 1 aliphatic heterocycles. The maximum atomic E-state index is 13.6. The van der Waals surface area contributed by atoms with Gasteiger partial charge in [-0.1, -0.05) is 6.92 Å². The highest BCUT2D eigenvalue weighted by Crippen LogP contribution is 2.38. The third-order valence-corrected chi connectivity index (χ3v) is 5.96. The highest BCUT2D eigenvalue weighted by Gasteiger charge is 2.38. The molecule has 1 atom stereocenters. The number of rotatable bonds is 9. The summed E-state index contributed by atoms with van der Waals surface area (Å²) in [5, 5.41) is 0. The number of aryl methyl sites for hydroxylation is 1. The molecule has 9 nitrogen and oxygen atoms in total.